The van der Waals surface area contributed by atoms with E-state index in [1.807, 2.05) is 0 Å². The van der Waals surface area contributed by atoms with Crippen LogP contribution >= 0.6 is 0 Å². The summed E-state index contributed by atoms with van der Waals surface area (Å²) in [5, 5.41) is 0. The van der Waals surface area contributed by atoms with Gasteiger partial charge in [-0.15, -0.1) is 0 Å². The first-order valence-corrected chi connectivity index (χ1v) is 4.60. The molecule has 2 unspecified atom stereocenters. The molecule has 0 N–H and O–H groups in total. The summed E-state index contributed by atoms with van der Waals surface area (Å²) in [6.45, 7) is 9.53. The molecule has 0 heterocycles. The third-order valence-electron chi connectivity index (χ3n) is 3.64. The van der Waals surface area contributed by atoms with Crippen molar-refractivity contribution in [1.29, 1.82) is 0 Å². The minimum atomic E-state index is 0.732. The summed E-state index contributed by atoms with van der Waals surface area (Å²) >= 11 is 0. The molecule has 60 valence electrons. The van der Waals surface area contributed by atoms with Crippen LogP contribution in [0, 0.1) is 17.3 Å². The molecule has 0 nitrogen and oxygen atoms in total. The van der Waals surface area contributed by atoms with Crippen LogP contribution in [0.4, 0.5) is 0 Å². The Labute approximate surface area is 65.0 Å². The Morgan fingerprint density at radius 2 is 1.80 bits per heavy atom. The number of hydrogen-bond acceptors (Lipinski definition) is 0. The van der Waals surface area contributed by atoms with Gasteiger partial charge in [0, 0.05) is 0 Å². The molecule has 2 atom stereocenters. The quantitative estimate of drug-likeness (QED) is 0.563. The lowest BCUT2D eigenvalue weighted by Gasteiger charge is -2.24. The van der Waals surface area contributed by atoms with Crippen LogP contribution in [0.2, 0.25) is 0 Å². The highest BCUT2D eigenvalue weighted by molar-refractivity contribution is 4.94. The molecule has 10 heavy (non-hydrogen) atoms. The van der Waals surface area contributed by atoms with E-state index < -0.39 is 0 Å². The van der Waals surface area contributed by atoms with Crippen LogP contribution in [-0.2, 0) is 0 Å². The monoisotopic (exact) mass is 140 g/mol. The molecule has 0 saturated heterocycles. The Bertz CT molecular complexity index is 111. The summed E-state index contributed by atoms with van der Waals surface area (Å²) in [6.07, 6.45) is 4.29. The fraction of sp³-hybridized carbons (Fsp3) is 1.00. The van der Waals surface area contributed by atoms with Gasteiger partial charge in [-0.3, -0.25) is 0 Å². The molecule has 0 aromatic heterocycles. The Balaban J connectivity index is 2.40. The summed E-state index contributed by atoms with van der Waals surface area (Å²) in [5.41, 5.74) is 0.732. The lowest BCUT2D eigenvalue weighted by atomic mass is 9.81. The number of rotatable bonds is 3. The molecule has 0 aromatic rings. The summed E-state index contributed by atoms with van der Waals surface area (Å²) in [7, 11) is 0. The van der Waals surface area contributed by atoms with Crippen LogP contribution in [0.1, 0.15) is 47.0 Å². The van der Waals surface area contributed by atoms with Crippen LogP contribution < -0.4 is 0 Å². The molecule has 1 saturated carbocycles. The second-order valence-electron chi connectivity index (χ2n) is 4.33. The van der Waals surface area contributed by atoms with Gasteiger partial charge in [0.15, 0.2) is 0 Å². The van der Waals surface area contributed by atoms with E-state index in [4.69, 9.17) is 0 Å². The third kappa shape index (κ3) is 1.36. The summed E-state index contributed by atoms with van der Waals surface area (Å²) in [4.78, 5) is 0. The van der Waals surface area contributed by atoms with Gasteiger partial charge in [-0.05, 0) is 30.1 Å². The molecule has 0 aromatic carbocycles. The highest BCUT2D eigenvalue weighted by Gasteiger charge is 2.43. The summed E-state index contributed by atoms with van der Waals surface area (Å²) in [5.74, 6) is 1.87. The van der Waals surface area contributed by atoms with Gasteiger partial charge in [0.1, 0.15) is 0 Å². The minimum absolute atomic E-state index is 0.732. The van der Waals surface area contributed by atoms with Gasteiger partial charge in [-0.2, -0.15) is 0 Å². The minimum Gasteiger partial charge on any atom is -0.0651 e. The van der Waals surface area contributed by atoms with E-state index in [-0.39, 0.29) is 0 Å². The second-order valence-corrected chi connectivity index (χ2v) is 4.33. The van der Waals surface area contributed by atoms with E-state index in [1.165, 1.54) is 19.3 Å². The molecule has 1 aliphatic carbocycles. The van der Waals surface area contributed by atoms with E-state index >= 15 is 0 Å². The molecule has 0 heteroatoms. The largest absolute Gasteiger partial charge is 0.0651 e. The van der Waals surface area contributed by atoms with Crippen molar-refractivity contribution in [2.45, 2.75) is 47.0 Å². The predicted molar refractivity (Wildman–Crippen MR) is 46.0 cm³/mol. The van der Waals surface area contributed by atoms with Crippen LogP contribution in [0.25, 0.3) is 0 Å². The first-order valence-electron chi connectivity index (χ1n) is 4.60. The SMILES string of the molecule is CCC(C)C(C)C1(C)CC1. The zero-order valence-electron chi connectivity index (χ0n) is 7.78. The standard InChI is InChI=1S/C10H20/c1-5-8(2)9(3)10(4)6-7-10/h8-9H,5-7H2,1-4H3. The van der Waals surface area contributed by atoms with Gasteiger partial charge < -0.3 is 0 Å². The molecule has 0 amide bonds. The second kappa shape index (κ2) is 2.56. The first-order chi connectivity index (χ1) is 4.60. The Kier molecular flexibility index (Phi) is 2.07. The molecule has 0 bridgehead atoms. The summed E-state index contributed by atoms with van der Waals surface area (Å²) < 4.78 is 0. The zero-order valence-corrected chi connectivity index (χ0v) is 7.78. The molecular weight excluding hydrogens is 120 g/mol. The highest BCUT2D eigenvalue weighted by atomic mass is 14.5. The molecule has 1 rings (SSSR count). The predicted octanol–water partition coefficient (Wildman–Crippen LogP) is 3.47. The molecule has 0 radical (unpaired) electrons. The van der Waals surface area contributed by atoms with Crippen molar-refractivity contribution in [3.05, 3.63) is 0 Å². The van der Waals surface area contributed by atoms with Crippen molar-refractivity contribution in [2.24, 2.45) is 17.3 Å². The maximum Gasteiger partial charge on any atom is -0.0297 e. The lowest BCUT2D eigenvalue weighted by molar-refractivity contribution is 0.253. The van der Waals surface area contributed by atoms with Crippen LogP contribution in [0.5, 0.6) is 0 Å². The number of hydrogen-bond donors (Lipinski definition) is 0. The smallest absolute Gasteiger partial charge is 0.0297 e. The topological polar surface area (TPSA) is 0 Å². The van der Waals surface area contributed by atoms with Crippen molar-refractivity contribution >= 4 is 0 Å². The van der Waals surface area contributed by atoms with Gasteiger partial charge >= 0.3 is 0 Å². The van der Waals surface area contributed by atoms with Crippen molar-refractivity contribution in [2.75, 3.05) is 0 Å². The van der Waals surface area contributed by atoms with Gasteiger partial charge in [0.2, 0.25) is 0 Å². The third-order valence-corrected chi connectivity index (χ3v) is 3.64. The summed E-state index contributed by atoms with van der Waals surface area (Å²) in [6, 6.07) is 0. The van der Waals surface area contributed by atoms with Crippen molar-refractivity contribution in [1.82, 2.24) is 0 Å². The van der Waals surface area contributed by atoms with E-state index in [0.29, 0.717) is 0 Å². The van der Waals surface area contributed by atoms with E-state index in [9.17, 15) is 0 Å². The van der Waals surface area contributed by atoms with Gasteiger partial charge in [-0.1, -0.05) is 34.1 Å². The maximum atomic E-state index is 2.43. The van der Waals surface area contributed by atoms with Gasteiger partial charge in [0.25, 0.3) is 0 Å². The van der Waals surface area contributed by atoms with E-state index in [1.54, 1.807) is 0 Å². The van der Waals surface area contributed by atoms with Crippen molar-refractivity contribution in [3.63, 3.8) is 0 Å². The van der Waals surface area contributed by atoms with Crippen LogP contribution in [0.3, 0.4) is 0 Å². The molecule has 1 aliphatic rings. The van der Waals surface area contributed by atoms with Gasteiger partial charge in [-0.25, -0.2) is 0 Å². The normalized spacial score (nSPS) is 27.6. The van der Waals surface area contributed by atoms with Crippen molar-refractivity contribution in [3.8, 4) is 0 Å². The fourth-order valence-electron chi connectivity index (χ4n) is 1.69. The van der Waals surface area contributed by atoms with Gasteiger partial charge in [0.05, 0.1) is 0 Å². The highest BCUT2D eigenvalue weighted by Crippen LogP contribution is 2.54. The van der Waals surface area contributed by atoms with E-state index in [2.05, 4.69) is 27.7 Å². The van der Waals surface area contributed by atoms with Crippen LogP contribution in [-0.4, -0.2) is 0 Å². The van der Waals surface area contributed by atoms with Crippen LogP contribution in [0.15, 0.2) is 0 Å². The molecule has 0 aliphatic heterocycles. The Morgan fingerprint density at radius 1 is 1.30 bits per heavy atom. The first kappa shape index (κ1) is 8.10. The maximum absolute atomic E-state index is 2.43. The molecule has 1 fully saturated rings. The molecular formula is C10H20. The fourth-order valence-corrected chi connectivity index (χ4v) is 1.69. The molecule has 0 spiro atoms. The van der Waals surface area contributed by atoms with E-state index in [0.717, 1.165) is 17.3 Å². The Hall–Kier alpha value is 0. The lowest BCUT2D eigenvalue weighted by Crippen LogP contribution is -2.16. The van der Waals surface area contributed by atoms with Crippen molar-refractivity contribution < 1.29 is 0 Å². The average Bonchev–Trinajstić information content (AvgIpc) is 2.66. The average molecular weight is 140 g/mol. The zero-order chi connectivity index (χ0) is 7.78. The Morgan fingerprint density at radius 3 is 2.10 bits per heavy atom.